The topological polar surface area (TPSA) is 64.3 Å². The van der Waals surface area contributed by atoms with E-state index < -0.39 is 5.41 Å². The third-order valence-corrected chi connectivity index (χ3v) is 2.06. The average molecular weight is 186 g/mol. The third-order valence-electron chi connectivity index (χ3n) is 2.06. The molecule has 1 aliphatic heterocycles. The SMILES string of the molecule is CC(C)(C)C(=O)OC1NCCC1N. The molecule has 3 N–H and O–H groups in total. The van der Waals surface area contributed by atoms with Crippen molar-refractivity contribution in [2.24, 2.45) is 11.1 Å². The smallest absolute Gasteiger partial charge is 0.312 e. The van der Waals surface area contributed by atoms with E-state index in [1.165, 1.54) is 0 Å². The number of esters is 1. The van der Waals surface area contributed by atoms with Gasteiger partial charge < -0.3 is 10.5 Å². The first-order valence-electron chi connectivity index (χ1n) is 4.61. The van der Waals surface area contributed by atoms with Gasteiger partial charge in [-0.3, -0.25) is 10.1 Å². The summed E-state index contributed by atoms with van der Waals surface area (Å²) in [5, 5.41) is 3.04. The lowest BCUT2D eigenvalue weighted by molar-refractivity contribution is -0.160. The number of nitrogens with two attached hydrogens (primary N) is 1. The Morgan fingerprint density at radius 1 is 1.54 bits per heavy atom. The fraction of sp³-hybridized carbons (Fsp3) is 0.889. The highest BCUT2D eigenvalue weighted by Gasteiger charge is 2.31. The monoisotopic (exact) mass is 186 g/mol. The molecule has 13 heavy (non-hydrogen) atoms. The quantitative estimate of drug-likeness (QED) is 0.575. The minimum Gasteiger partial charge on any atom is -0.444 e. The average Bonchev–Trinajstić information content (AvgIpc) is 2.34. The molecule has 4 heteroatoms. The molecular formula is C9H18N2O2. The van der Waals surface area contributed by atoms with Crippen molar-refractivity contribution in [3.63, 3.8) is 0 Å². The minimum atomic E-state index is -0.454. The first kappa shape index (κ1) is 10.5. The van der Waals surface area contributed by atoms with Crippen molar-refractivity contribution in [2.75, 3.05) is 6.54 Å². The summed E-state index contributed by atoms with van der Waals surface area (Å²) in [5.41, 5.74) is 5.28. The molecule has 1 fully saturated rings. The summed E-state index contributed by atoms with van der Waals surface area (Å²) in [6.45, 7) is 6.31. The van der Waals surface area contributed by atoms with E-state index in [9.17, 15) is 4.79 Å². The first-order valence-corrected chi connectivity index (χ1v) is 4.61. The molecule has 1 heterocycles. The Bertz CT molecular complexity index is 198. The summed E-state index contributed by atoms with van der Waals surface area (Å²) in [4.78, 5) is 11.4. The largest absolute Gasteiger partial charge is 0.444 e. The fourth-order valence-electron chi connectivity index (χ4n) is 1.12. The summed E-state index contributed by atoms with van der Waals surface area (Å²) in [6, 6.07) is -0.0636. The lowest BCUT2D eigenvalue weighted by Gasteiger charge is -2.22. The van der Waals surface area contributed by atoms with Crippen molar-refractivity contribution >= 4 is 5.97 Å². The van der Waals surface area contributed by atoms with Gasteiger partial charge in [0.15, 0.2) is 6.23 Å². The molecule has 0 bridgehead atoms. The van der Waals surface area contributed by atoms with Gasteiger partial charge >= 0.3 is 5.97 Å². The van der Waals surface area contributed by atoms with Crippen LogP contribution in [0.5, 0.6) is 0 Å². The third kappa shape index (κ3) is 2.67. The molecule has 0 spiro atoms. The van der Waals surface area contributed by atoms with Gasteiger partial charge in [0.1, 0.15) is 0 Å². The van der Waals surface area contributed by atoms with Gasteiger partial charge in [-0.1, -0.05) is 0 Å². The zero-order valence-corrected chi connectivity index (χ0v) is 8.46. The van der Waals surface area contributed by atoms with Gasteiger partial charge in [0.05, 0.1) is 11.5 Å². The molecule has 0 aromatic carbocycles. The Balaban J connectivity index is 2.45. The minimum absolute atomic E-state index is 0.0636. The molecule has 1 rings (SSSR count). The van der Waals surface area contributed by atoms with Crippen molar-refractivity contribution in [1.82, 2.24) is 5.32 Å². The van der Waals surface area contributed by atoms with Crippen LogP contribution in [0, 0.1) is 5.41 Å². The van der Waals surface area contributed by atoms with Crippen molar-refractivity contribution in [3.8, 4) is 0 Å². The van der Waals surface area contributed by atoms with E-state index in [0.29, 0.717) is 0 Å². The molecule has 0 saturated carbocycles. The van der Waals surface area contributed by atoms with Crippen LogP contribution in [0.2, 0.25) is 0 Å². The Kier molecular flexibility index (Phi) is 2.93. The van der Waals surface area contributed by atoms with E-state index in [-0.39, 0.29) is 18.2 Å². The molecule has 2 atom stereocenters. The van der Waals surface area contributed by atoms with Crippen LogP contribution < -0.4 is 11.1 Å². The molecule has 0 aromatic heterocycles. The Morgan fingerprint density at radius 3 is 2.54 bits per heavy atom. The van der Waals surface area contributed by atoms with Gasteiger partial charge in [-0.05, 0) is 27.2 Å². The van der Waals surface area contributed by atoms with Crippen molar-refractivity contribution in [2.45, 2.75) is 39.5 Å². The van der Waals surface area contributed by atoms with Crippen LogP contribution >= 0.6 is 0 Å². The van der Waals surface area contributed by atoms with Crippen molar-refractivity contribution < 1.29 is 9.53 Å². The van der Waals surface area contributed by atoms with Gasteiger partial charge in [-0.15, -0.1) is 0 Å². The molecule has 1 aliphatic rings. The van der Waals surface area contributed by atoms with Crippen LogP contribution in [0.25, 0.3) is 0 Å². The van der Waals surface area contributed by atoms with Crippen LogP contribution in [0.3, 0.4) is 0 Å². The van der Waals surface area contributed by atoms with E-state index in [2.05, 4.69) is 5.32 Å². The highest BCUT2D eigenvalue weighted by molar-refractivity contribution is 5.75. The fourth-order valence-corrected chi connectivity index (χ4v) is 1.12. The predicted octanol–water partition coefficient (Wildman–Crippen LogP) is 0.222. The lowest BCUT2D eigenvalue weighted by Crippen LogP contribution is -2.42. The highest BCUT2D eigenvalue weighted by Crippen LogP contribution is 2.17. The molecule has 0 aliphatic carbocycles. The molecule has 2 unspecified atom stereocenters. The summed E-state index contributed by atoms with van der Waals surface area (Å²) in [5.74, 6) is -0.206. The molecule has 0 aromatic rings. The Hall–Kier alpha value is -0.610. The number of hydrogen-bond acceptors (Lipinski definition) is 4. The van der Waals surface area contributed by atoms with E-state index in [0.717, 1.165) is 13.0 Å². The van der Waals surface area contributed by atoms with E-state index in [1.54, 1.807) is 0 Å². The molecule has 0 radical (unpaired) electrons. The Morgan fingerprint density at radius 2 is 2.15 bits per heavy atom. The van der Waals surface area contributed by atoms with Gasteiger partial charge in [-0.2, -0.15) is 0 Å². The molecule has 4 nitrogen and oxygen atoms in total. The van der Waals surface area contributed by atoms with E-state index >= 15 is 0 Å². The standard InChI is InChI=1S/C9H18N2O2/c1-9(2,3)8(12)13-7-6(10)4-5-11-7/h6-7,11H,4-5,10H2,1-3H3. The maximum atomic E-state index is 11.4. The van der Waals surface area contributed by atoms with E-state index in [4.69, 9.17) is 10.5 Å². The van der Waals surface area contributed by atoms with Crippen molar-refractivity contribution in [1.29, 1.82) is 0 Å². The Labute approximate surface area is 78.8 Å². The predicted molar refractivity (Wildman–Crippen MR) is 49.9 cm³/mol. The zero-order chi connectivity index (χ0) is 10.1. The van der Waals surface area contributed by atoms with Crippen LogP contribution in [-0.2, 0) is 9.53 Å². The van der Waals surface area contributed by atoms with Crippen LogP contribution in [0.4, 0.5) is 0 Å². The second kappa shape index (κ2) is 3.64. The van der Waals surface area contributed by atoms with Gasteiger partial charge in [0.2, 0.25) is 0 Å². The number of ether oxygens (including phenoxy) is 1. The summed E-state index contributed by atoms with van der Waals surface area (Å²) in [7, 11) is 0. The lowest BCUT2D eigenvalue weighted by atomic mass is 9.97. The van der Waals surface area contributed by atoms with Crippen LogP contribution in [0.15, 0.2) is 0 Å². The van der Waals surface area contributed by atoms with Gasteiger partial charge in [0.25, 0.3) is 0 Å². The molecule has 76 valence electrons. The molecular weight excluding hydrogens is 168 g/mol. The summed E-state index contributed by atoms with van der Waals surface area (Å²) in [6.07, 6.45) is 0.564. The number of hydrogen-bond donors (Lipinski definition) is 2. The second-order valence-electron chi connectivity index (χ2n) is 4.48. The molecule has 0 amide bonds. The van der Waals surface area contributed by atoms with Crippen LogP contribution in [-0.4, -0.2) is 24.8 Å². The first-order chi connectivity index (χ1) is 5.91. The normalized spacial score (nSPS) is 28.9. The van der Waals surface area contributed by atoms with E-state index in [1.807, 2.05) is 20.8 Å². The summed E-state index contributed by atoms with van der Waals surface area (Å²) >= 11 is 0. The van der Waals surface area contributed by atoms with Gasteiger partial charge in [-0.25, -0.2) is 0 Å². The number of carbonyl (C=O) groups is 1. The number of carbonyl (C=O) groups excluding carboxylic acids is 1. The zero-order valence-electron chi connectivity index (χ0n) is 8.46. The maximum absolute atomic E-state index is 11.4. The number of rotatable bonds is 1. The van der Waals surface area contributed by atoms with Gasteiger partial charge in [0, 0.05) is 6.54 Å². The van der Waals surface area contributed by atoms with Crippen LogP contribution in [0.1, 0.15) is 27.2 Å². The number of nitrogens with one attached hydrogen (secondary N) is 1. The van der Waals surface area contributed by atoms with Crippen molar-refractivity contribution in [3.05, 3.63) is 0 Å². The second-order valence-corrected chi connectivity index (χ2v) is 4.48. The molecule has 1 saturated heterocycles. The summed E-state index contributed by atoms with van der Waals surface area (Å²) < 4.78 is 5.21. The highest BCUT2D eigenvalue weighted by atomic mass is 16.6. The maximum Gasteiger partial charge on any atom is 0.312 e.